The number of rotatable bonds is 6. The minimum atomic E-state index is -0.721. The summed E-state index contributed by atoms with van der Waals surface area (Å²) < 4.78 is 1.64. The van der Waals surface area contributed by atoms with E-state index in [0.717, 1.165) is 22.3 Å². The van der Waals surface area contributed by atoms with E-state index in [1.54, 1.807) is 10.9 Å². The molecule has 166 valence electrons. The van der Waals surface area contributed by atoms with Gasteiger partial charge < -0.3 is 15.1 Å². The second kappa shape index (κ2) is 9.58. The van der Waals surface area contributed by atoms with Gasteiger partial charge in [0.05, 0.1) is 24.3 Å². The SMILES string of the molecule is CS[C@@H](Cn1nnc2cc(C#Cc3ccc(N4C[C@H](O)[C@@H](O)C4)cc3)ccc21)N(O)C=O. The standard InChI is InChI=1S/C22H23N5O4S/c1-32-22(27(31)14-28)13-26-19-9-6-16(10-18(19)23-24-26)3-2-15-4-7-17(8-5-15)25-11-20(29)21(30)12-25/h4-10,14,20-22,29-31H,11-13H2,1H3/t20-,21-,22-/m0/s1. The fourth-order valence-electron chi connectivity index (χ4n) is 3.55. The van der Waals surface area contributed by atoms with Crippen LogP contribution in [0.25, 0.3) is 11.0 Å². The maximum Gasteiger partial charge on any atom is 0.234 e. The van der Waals surface area contributed by atoms with Crippen molar-refractivity contribution in [3.63, 3.8) is 0 Å². The number of aliphatic hydroxyl groups is 2. The van der Waals surface area contributed by atoms with Gasteiger partial charge in [0.2, 0.25) is 6.41 Å². The molecule has 0 aliphatic carbocycles. The summed E-state index contributed by atoms with van der Waals surface area (Å²) in [6.07, 6.45) is 0.732. The largest absolute Gasteiger partial charge is 0.389 e. The minimum Gasteiger partial charge on any atom is -0.389 e. The third kappa shape index (κ3) is 4.71. The van der Waals surface area contributed by atoms with Crippen molar-refractivity contribution in [3.8, 4) is 11.8 Å². The number of hydrogen-bond acceptors (Lipinski definition) is 8. The van der Waals surface area contributed by atoms with E-state index in [1.165, 1.54) is 11.8 Å². The van der Waals surface area contributed by atoms with Crippen LogP contribution in [0.4, 0.5) is 5.69 Å². The molecule has 0 saturated carbocycles. The first-order valence-electron chi connectivity index (χ1n) is 10.00. The molecule has 3 N–H and O–H groups in total. The summed E-state index contributed by atoms with van der Waals surface area (Å²) in [6.45, 7) is 1.13. The molecule has 0 spiro atoms. The molecule has 1 saturated heterocycles. The molecule has 10 heteroatoms. The van der Waals surface area contributed by atoms with Crippen LogP contribution in [-0.4, -0.2) is 78.8 Å². The van der Waals surface area contributed by atoms with Crippen LogP contribution in [0.3, 0.4) is 0 Å². The number of benzene rings is 2. The van der Waals surface area contributed by atoms with Gasteiger partial charge in [-0.25, -0.2) is 9.75 Å². The number of amides is 1. The Labute approximate surface area is 189 Å². The Hall–Kier alpha value is -3.10. The van der Waals surface area contributed by atoms with Crippen molar-refractivity contribution in [2.45, 2.75) is 24.1 Å². The van der Waals surface area contributed by atoms with Gasteiger partial charge in [-0.3, -0.25) is 10.0 Å². The Kier molecular flexibility index (Phi) is 6.62. The fraction of sp³-hybridized carbons (Fsp3) is 0.318. The molecule has 2 aromatic carbocycles. The number of hydroxylamine groups is 2. The Balaban J connectivity index is 1.47. The quantitative estimate of drug-likeness (QED) is 0.166. The van der Waals surface area contributed by atoms with Gasteiger partial charge in [0.25, 0.3) is 0 Å². The van der Waals surface area contributed by atoms with E-state index in [1.807, 2.05) is 47.4 Å². The van der Waals surface area contributed by atoms with E-state index < -0.39 is 17.6 Å². The molecule has 4 rings (SSSR count). The molecule has 1 amide bonds. The molecule has 3 atom stereocenters. The number of thioether (sulfide) groups is 1. The van der Waals surface area contributed by atoms with E-state index in [-0.39, 0.29) is 0 Å². The Morgan fingerprint density at radius 2 is 1.81 bits per heavy atom. The lowest BCUT2D eigenvalue weighted by Crippen LogP contribution is -2.32. The Morgan fingerprint density at radius 3 is 2.47 bits per heavy atom. The third-order valence-electron chi connectivity index (χ3n) is 5.36. The monoisotopic (exact) mass is 453 g/mol. The number of anilines is 1. The molecule has 9 nitrogen and oxygen atoms in total. The third-order valence-corrected chi connectivity index (χ3v) is 6.27. The molecule has 0 unspecified atom stereocenters. The van der Waals surface area contributed by atoms with E-state index in [9.17, 15) is 20.2 Å². The van der Waals surface area contributed by atoms with Crippen LogP contribution in [0, 0.1) is 11.8 Å². The Bertz CT molecular complexity index is 1150. The highest BCUT2D eigenvalue weighted by molar-refractivity contribution is 7.99. The van der Waals surface area contributed by atoms with Crippen molar-refractivity contribution in [1.82, 2.24) is 20.1 Å². The molecule has 1 fully saturated rings. The molecule has 32 heavy (non-hydrogen) atoms. The normalized spacial score (nSPS) is 18.9. The van der Waals surface area contributed by atoms with Gasteiger partial charge >= 0.3 is 0 Å². The van der Waals surface area contributed by atoms with Gasteiger partial charge in [0.15, 0.2) is 0 Å². The van der Waals surface area contributed by atoms with E-state index in [4.69, 9.17) is 0 Å². The number of hydrogen-bond donors (Lipinski definition) is 3. The summed E-state index contributed by atoms with van der Waals surface area (Å²) in [5, 5.41) is 37.5. The summed E-state index contributed by atoms with van der Waals surface area (Å²) in [5.41, 5.74) is 4.03. The first-order chi connectivity index (χ1) is 15.5. The van der Waals surface area contributed by atoms with Gasteiger partial charge in [-0.05, 0) is 48.7 Å². The predicted molar refractivity (Wildman–Crippen MR) is 121 cm³/mol. The first-order valence-corrected chi connectivity index (χ1v) is 11.3. The number of carbonyl (C=O) groups is 1. The van der Waals surface area contributed by atoms with Gasteiger partial charge in [0.1, 0.15) is 10.9 Å². The highest BCUT2D eigenvalue weighted by atomic mass is 32.2. The number of carbonyl (C=O) groups excluding carboxylic acids is 1. The minimum absolute atomic E-state index is 0.301. The zero-order valence-corrected chi connectivity index (χ0v) is 18.2. The topological polar surface area (TPSA) is 115 Å². The van der Waals surface area contributed by atoms with Crippen LogP contribution < -0.4 is 4.90 Å². The zero-order valence-electron chi connectivity index (χ0n) is 17.4. The van der Waals surface area contributed by atoms with E-state index in [0.29, 0.717) is 36.6 Å². The molecule has 2 heterocycles. The van der Waals surface area contributed by atoms with E-state index >= 15 is 0 Å². The van der Waals surface area contributed by atoms with Gasteiger partial charge in [-0.15, -0.1) is 16.9 Å². The average molecular weight is 454 g/mol. The van der Waals surface area contributed by atoms with Crippen LogP contribution in [0.1, 0.15) is 11.1 Å². The van der Waals surface area contributed by atoms with Crippen molar-refractivity contribution in [2.75, 3.05) is 24.2 Å². The average Bonchev–Trinajstić information content (AvgIpc) is 3.37. The number of aliphatic hydroxyl groups excluding tert-OH is 2. The lowest BCUT2D eigenvalue weighted by atomic mass is 10.1. The van der Waals surface area contributed by atoms with Crippen LogP contribution in [0.2, 0.25) is 0 Å². The number of aromatic nitrogens is 3. The molecular weight excluding hydrogens is 430 g/mol. The lowest BCUT2D eigenvalue weighted by molar-refractivity contribution is -0.153. The van der Waals surface area contributed by atoms with Crippen LogP contribution in [-0.2, 0) is 11.3 Å². The van der Waals surface area contributed by atoms with Gasteiger partial charge in [0, 0.05) is 29.9 Å². The molecular formula is C22H23N5O4S. The second-order valence-corrected chi connectivity index (χ2v) is 8.50. The molecule has 0 bridgehead atoms. The Morgan fingerprint density at radius 1 is 1.16 bits per heavy atom. The smallest absolute Gasteiger partial charge is 0.234 e. The number of nitrogens with zero attached hydrogens (tertiary/aromatic N) is 5. The summed E-state index contributed by atoms with van der Waals surface area (Å²) in [4.78, 5) is 12.8. The van der Waals surface area contributed by atoms with Crippen LogP contribution >= 0.6 is 11.8 Å². The van der Waals surface area contributed by atoms with Crippen molar-refractivity contribution < 1.29 is 20.2 Å². The van der Waals surface area contributed by atoms with Gasteiger partial charge in [-0.2, -0.15) is 0 Å². The molecule has 1 aromatic heterocycles. The molecule has 0 radical (unpaired) electrons. The highest BCUT2D eigenvalue weighted by Gasteiger charge is 2.29. The molecule has 1 aliphatic heterocycles. The molecule has 3 aromatic rings. The second-order valence-electron chi connectivity index (χ2n) is 7.49. The van der Waals surface area contributed by atoms with Crippen molar-refractivity contribution in [3.05, 3.63) is 53.6 Å². The number of fused-ring (bicyclic) bond motifs is 1. The molecule has 1 aliphatic rings. The van der Waals surface area contributed by atoms with E-state index in [2.05, 4.69) is 22.2 Å². The van der Waals surface area contributed by atoms with Gasteiger partial charge in [-0.1, -0.05) is 17.1 Å². The van der Waals surface area contributed by atoms with Crippen LogP contribution in [0.15, 0.2) is 42.5 Å². The maximum atomic E-state index is 10.8. The fourth-order valence-corrected chi connectivity index (χ4v) is 4.10. The first kappa shape index (κ1) is 22.1. The van der Waals surface area contributed by atoms with Crippen molar-refractivity contribution in [1.29, 1.82) is 0 Å². The maximum absolute atomic E-state index is 10.8. The zero-order chi connectivity index (χ0) is 22.7. The van der Waals surface area contributed by atoms with Crippen molar-refractivity contribution >= 4 is 34.9 Å². The van der Waals surface area contributed by atoms with Crippen molar-refractivity contribution in [2.24, 2.45) is 0 Å². The summed E-state index contributed by atoms with van der Waals surface area (Å²) >= 11 is 1.33. The lowest BCUT2D eigenvalue weighted by Gasteiger charge is -2.20. The number of β-amino-alcohol motifs (C(OH)–C–C–N with tert-alkyl or cyclic N) is 2. The summed E-state index contributed by atoms with van der Waals surface area (Å²) in [6, 6.07) is 13.3. The summed E-state index contributed by atoms with van der Waals surface area (Å²) in [5.74, 6) is 6.25. The van der Waals surface area contributed by atoms with Crippen LogP contribution in [0.5, 0.6) is 0 Å². The highest BCUT2D eigenvalue weighted by Crippen LogP contribution is 2.21. The summed E-state index contributed by atoms with van der Waals surface area (Å²) in [7, 11) is 0. The predicted octanol–water partition coefficient (Wildman–Crippen LogP) is 0.910.